The molecule has 0 unspecified atom stereocenters. The first kappa shape index (κ1) is 20.1. The van der Waals surface area contributed by atoms with Crippen molar-refractivity contribution in [1.82, 2.24) is 19.9 Å². The van der Waals surface area contributed by atoms with Gasteiger partial charge in [-0.2, -0.15) is 0 Å². The van der Waals surface area contributed by atoms with Crippen LogP contribution in [0.2, 0.25) is 5.02 Å². The molecule has 0 amide bonds. The van der Waals surface area contributed by atoms with Gasteiger partial charge in [-0.05, 0) is 57.5 Å². The normalized spacial score (nSPS) is 20.2. The summed E-state index contributed by atoms with van der Waals surface area (Å²) in [5, 5.41) is 17.0. The monoisotopic (exact) mass is 417 g/mol. The number of aliphatic hydroxyl groups is 1. The van der Waals surface area contributed by atoms with E-state index in [0.29, 0.717) is 39.5 Å². The van der Waals surface area contributed by atoms with Crippen LogP contribution in [-0.2, 0) is 5.54 Å². The number of piperidine rings is 1. The number of halogens is 2. The van der Waals surface area contributed by atoms with E-state index in [1.807, 2.05) is 31.4 Å². The smallest absolute Gasteiger partial charge is 0.151 e. The zero-order chi connectivity index (χ0) is 20.8. The van der Waals surface area contributed by atoms with Gasteiger partial charge in [0, 0.05) is 23.8 Å². The lowest BCUT2D eigenvalue weighted by atomic mass is 10.0. The predicted molar refractivity (Wildman–Crippen MR) is 114 cm³/mol. The average Bonchev–Trinajstić information content (AvgIpc) is 3.10. The van der Waals surface area contributed by atoms with Gasteiger partial charge in [0.15, 0.2) is 5.82 Å². The van der Waals surface area contributed by atoms with Gasteiger partial charge < -0.3 is 20.3 Å². The van der Waals surface area contributed by atoms with Crippen LogP contribution < -0.4 is 10.6 Å². The molecule has 4 rings (SSSR count). The van der Waals surface area contributed by atoms with E-state index in [2.05, 4.69) is 20.6 Å². The summed E-state index contributed by atoms with van der Waals surface area (Å²) in [6.07, 6.45) is 3.50. The van der Waals surface area contributed by atoms with E-state index in [9.17, 15) is 9.50 Å². The van der Waals surface area contributed by atoms with Crippen molar-refractivity contribution in [3.63, 3.8) is 0 Å². The van der Waals surface area contributed by atoms with Crippen LogP contribution >= 0.6 is 11.6 Å². The van der Waals surface area contributed by atoms with Gasteiger partial charge in [-0.15, -0.1) is 0 Å². The van der Waals surface area contributed by atoms with Crippen molar-refractivity contribution in [2.75, 3.05) is 18.4 Å². The Labute approximate surface area is 174 Å². The van der Waals surface area contributed by atoms with E-state index in [-0.39, 0.29) is 11.6 Å². The number of benzene rings is 1. The molecule has 0 spiro atoms. The Morgan fingerprint density at radius 2 is 2.07 bits per heavy atom. The van der Waals surface area contributed by atoms with Crippen LogP contribution in [0.4, 0.5) is 10.2 Å². The number of hydrogen-bond acceptors (Lipinski definition) is 5. The Hall–Kier alpha value is -2.22. The van der Waals surface area contributed by atoms with Gasteiger partial charge in [-0.3, -0.25) is 0 Å². The number of fused-ring (bicyclic) bond motifs is 1. The van der Waals surface area contributed by atoms with E-state index < -0.39 is 11.9 Å². The zero-order valence-corrected chi connectivity index (χ0v) is 17.5. The molecule has 1 aliphatic heterocycles. The van der Waals surface area contributed by atoms with Crippen molar-refractivity contribution in [2.24, 2.45) is 0 Å². The SMILES string of the molecule is CC(C)(C)n1cnc2c(F)cc(-c3cc(N[C@@H]4CCNC[C@H]4O)ncc3Cl)cc21. The third kappa shape index (κ3) is 3.95. The van der Waals surface area contributed by atoms with Crippen molar-refractivity contribution in [2.45, 2.75) is 44.9 Å². The van der Waals surface area contributed by atoms with Crippen LogP contribution in [0.1, 0.15) is 27.2 Å². The quantitative estimate of drug-likeness (QED) is 0.604. The number of β-amino-alcohol motifs (C(OH)–C–C–N with tert-alkyl or cyclic N) is 1. The summed E-state index contributed by atoms with van der Waals surface area (Å²) in [4.78, 5) is 8.58. The minimum atomic E-state index is -0.500. The highest BCUT2D eigenvalue weighted by molar-refractivity contribution is 6.33. The van der Waals surface area contributed by atoms with Crippen molar-refractivity contribution in [3.8, 4) is 11.1 Å². The number of anilines is 1. The first-order chi connectivity index (χ1) is 13.7. The Bertz CT molecular complexity index is 1050. The number of pyridine rings is 1. The molecule has 1 fully saturated rings. The molecule has 29 heavy (non-hydrogen) atoms. The molecule has 8 heteroatoms. The molecule has 3 N–H and O–H groups in total. The Morgan fingerprint density at radius 3 is 2.79 bits per heavy atom. The molecule has 1 saturated heterocycles. The van der Waals surface area contributed by atoms with E-state index in [0.717, 1.165) is 13.0 Å². The van der Waals surface area contributed by atoms with Crippen LogP contribution in [0.5, 0.6) is 0 Å². The Balaban J connectivity index is 1.75. The number of hydrogen-bond donors (Lipinski definition) is 3. The molecule has 2 aromatic heterocycles. The highest BCUT2D eigenvalue weighted by atomic mass is 35.5. The largest absolute Gasteiger partial charge is 0.390 e. The number of rotatable bonds is 3. The summed E-state index contributed by atoms with van der Waals surface area (Å²) < 4.78 is 16.8. The first-order valence-electron chi connectivity index (χ1n) is 9.72. The number of nitrogens with zero attached hydrogens (tertiary/aromatic N) is 3. The lowest BCUT2D eigenvalue weighted by Crippen LogP contribution is -2.47. The van der Waals surface area contributed by atoms with Gasteiger partial charge in [0.25, 0.3) is 0 Å². The maximum absolute atomic E-state index is 14.8. The molecule has 3 aromatic rings. The van der Waals surface area contributed by atoms with E-state index in [1.165, 1.54) is 6.07 Å². The zero-order valence-electron chi connectivity index (χ0n) is 16.7. The summed E-state index contributed by atoms with van der Waals surface area (Å²) in [5.41, 5.74) is 2.14. The summed E-state index contributed by atoms with van der Waals surface area (Å²) >= 11 is 6.41. The highest BCUT2D eigenvalue weighted by Crippen LogP contribution is 2.34. The van der Waals surface area contributed by atoms with Gasteiger partial charge >= 0.3 is 0 Å². The molecule has 0 radical (unpaired) electrons. The molecule has 1 aliphatic rings. The van der Waals surface area contributed by atoms with Crippen LogP contribution in [-0.4, -0.2) is 44.9 Å². The molecule has 1 aromatic carbocycles. The van der Waals surface area contributed by atoms with E-state index in [1.54, 1.807) is 18.6 Å². The molecular formula is C21H25ClFN5O. The second kappa shape index (κ2) is 7.55. The van der Waals surface area contributed by atoms with Gasteiger partial charge in [0.2, 0.25) is 0 Å². The topological polar surface area (TPSA) is 75.0 Å². The molecule has 0 aliphatic carbocycles. The van der Waals surface area contributed by atoms with Gasteiger partial charge in [0.05, 0.1) is 29.0 Å². The predicted octanol–water partition coefficient (Wildman–Crippen LogP) is 3.78. The summed E-state index contributed by atoms with van der Waals surface area (Å²) in [7, 11) is 0. The molecule has 2 atom stereocenters. The van der Waals surface area contributed by atoms with Crippen LogP contribution in [0.3, 0.4) is 0 Å². The molecule has 6 nitrogen and oxygen atoms in total. The number of aromatic nitrogens is 3. The fraction of sp³-hybridized carbons (Fsp3) is 0.429. The number of nitrogens with one attached hydrogen (secondary N) is 2. The van der Waals surface area contributed by atoms with Gasteiger partial charge in [0.1, 0.15) is 11.3 Å². The number of aliphatic hydroxyl groups excluding tert-OH is 1. The fourth-order valence-corrected chi connectivity index (χ4v) is 3.92. The maximum Gasteiger partial charge on any atom is 0.151 e. The lowest BCUT2D eigenvalue weighted by molar-refractivity contribution is 0.128. The lowest BCUT2D eigenvalue weighted by Gasteiger charge is -2.29. The van der Waals surface area contributed by atoms with Gasteiger partial charge in [-0.1, -0.05) is 11.6 Å². The highest BCUT2D eigenvalue weighted by Gasteiger charge is 2.24. The van der Waals surface area contributed by atoms with Gasteiger partial charge in [-0.25, -0.2) is 14.4 Å². The second-order valence-corrected chi connectivity index (χ2v) is 8.88. The molecule has 0 saturated carbocycles. The molecule has 0 bridgehead atoms. The minimum Gasteiger partial charge on any atom is -0.390 e. The fourth-order valence-electron chi connectivity index (χ4n) is 3.70. The summed E-state index contributed by atoms with van der Waals surface area (Å²) in [5.74, 6) is 0.205. The molecule has 3 heterocycles. The van der Waals surface area contributed by atoms with E-state index in [4.69, 9.17) is 11.6 Å². The Kier molecular flexibility index (Phi) is 5.23. The van der Waals surface area contributed by atoms with Crippen molar-refractivity contribution >= 4 is 28.5 Å². The average molecular weight is 418 g/mol. The minimum absolute atomic E-state index is 0.0979. The van der Waals surface area contributed by atoms with Crippen molar-refractivity contribution in [3.05, 3.63) is 41.6 Å². The first-order valence-corrected chi connectivity index (χ1v) is 10.1. The van der Waals surface area contributed by atoms with E-state index >= 15 is 0 Å². The third-order valence-electron chi connectivity index (χ3n) is 5.28. The second-order valence-electron chi connectivity index (χ2n) is 8.47. The Morgan fingerprint density at radius 1 is 1.28 bits per heavy atom. The third-order valence-corrected chi connectivity index (χ3v) is 5.58. The van der Waals surface area contributed by atoms with Crippen molar-refractivity contribution < 1.29 is 9.50 Å². The van der Waals surface area contributed by atoms with Crippen LogP contribution in [0.15, 0.2) is 30.7 Å². The molecule has 154 valence electrons. The summed E-state index contributed by atoms with van der Waals surface area (Å²) in [6.45, 7) is 7.50. The van der Waals surface area contributed by atoms with Crippen LogP contribution in [0, 0.1) is 5.82 Å². The summed E-state index contributed by atoms with van der Waals surface area (Å²) in [6, 6.07) is 5.06. The maximum atomic E-state index is 14.8. The number of imidazole rings is 1. The molecular weight excluding hydrogens is 393 g/mol. The standard InChI is InChI=1S/C21H25ClFN5O/c1-21(2,3)28-11-26-20-15(23)6-12(7-17(20)28)13-8-19(25-9-14(13)22)27-16-4-5-24-10-18(16)29/h6-9,11,16,18,24,29H,4-5,10H2,1-3H3,(H,25,27)/t16-,18-/m1/s1. The van der Waals surface area contributed by atoms with Crippen molar-refractivity contribution in [1.29, 1.82) is 0 Å². The van der Waals surface area contributed by atoms with Crippen LogP contribution in [0.25, 0.3) is 22.2 Å².